The van der Waals surface area contributed by atoms with Gasteiger partial charge in [-0.2, -0.15) is 9.67 Å². The molecule has 0 radical (unpaired) electrons. The van der Waals surface area contributed by atoms with Gasteiger partial charge >= 0.3 is 0 Å². The van der Waals surface area contributed by atoms with Crippen LogP contribution in [0.3, 0.4) is 0 Å². The van der Waals surface area contributed by atoms with Gasteiger partial charge in [-0.05, 0) is 6.42 Å². The molecule has 2 N–H and O–H groups in total. The molecule has 2 rings (SSSR count). The standard InChI is InChI=1S/C13H16N4O/c1-2-3-9-11(18)17-13(14)15-12(16-17)10-7-5-4-6-8-10/h4-8H,2-3,9H2,1H3,(H2,14,15,16). The highest BCUT2D eigenvalue weighted by Crippen LogP contribution is 2.16. The zero-order valence-electron chi connectivity index (χ0n) is 10.3. The summed E-state index contributed by atoms with van der Waals surface area (Å²) in [5.41, 5.74) is 6.57. The Morgan fingerprint density at radius 3 is 2.72 bits per heavy atom. The lowest BCUT2D eigenvalue weighted by atomic mass is 10.2. The number of hydrogen-bond donors (Lipinski definition) is 1. The molecule has 0 spiro atoms. The second-order valence-corrected chi connectivity index (χ2v) is 4.07. The Morgan fingerprint density at radius 1 is 1.33 bits per heavy atom. The largest absolute Gasteiger partial charge is 0.368 e. The number of anilines is 1. The zero-order chi connectivity index (χ0) is 13.0. The van der Waals surface area contributed by atoms with E-state index in [-0.39, 0.29) is 11.9 Å². The highest BCUT2D eigenvalue weighted by Gasteiger charge is 2.14. The van der Waals surface area contributed by atoms with E-state index in [1.165, 1.54) is 4.68 Å². The summed E-state index contributed by atoms with van der Waals surface area (Å²) in [5.74, 6) is 0.525. The fraction of sp³-hybridized carbons (Fsp3) is 0.308. The summed E-state index contributed by atoms with van der Waals surface area (Å²) in [5, 5.41) is 4.16. The average Bonchev–Trinajstić information content (AvgIpc) is 2.79. The first-order chi connectivity index (χ1) is 8.72. The molecule has 1 aromatic carbocycles. The van der Waals surface area contributed by atoms with Crippen molar-refractivity contribution in [1.82, 2.24) is 14.8 Å². The number of rotatable bonds is 4. The van der Waals surface area contributed by atoms with Crippen LogP contribution in [-0.2, 0) is 0 Å². The van der Waals surface area contributed by atoms with Crippen molar-refractivity contribution in [3.8, 4) is 11.4 Å². The maximum atomic E-state index is 11.8. The van der Waals surface area contributed by atoms with Gasteiger partial charge in [-0.1, -0.05) is 43.7 Å². The molecule has 0 aliphatic carbocycles. The quantitative estimate of drug-likeness (QED) is 0.895. The normalized spacial score (nSPS) is 10.5. The average molecular weight is 244 g/mol. The molecule has 0 bridgehead atoms. The fourth-order valence-corrected chi connectivity index (χ4v) is 1.65. The number of nitrogens with two attached hydrogens (primary N) is 1. The van der Waals surface area contributed by atoms with Gasteiger partial charge < -0.3 is 5.73 Å². The highest BCUT2D eigenvalue weighted by molar-refractivity contribution is 5.80. The Labute approximate surface area is 106 Å². The molecule has 5 nitrogen and oxygen atoms in total. The third-order valence-electron chi connectivity index (χ3n) is 2.64. The first kappa shape index (κ1) is 12.3. The van der Waals surface area contributed by atoms with E-state index in [0.29, 0.717) is 12.2 Å². The second kappa shape index (κ2) is 5.44. The number of nitrogens with zero attached hydrogens (tertiary/aromatic N) is 3. The van der Waals surface area contributed by atoms with Crippen molar-refractivity contribution in [3.05, 3.63) is 30.3 Å². The van der Waals surface area contributed by atoms with Gasteiger partial charge in [-0.3, -0.25) is 4.79 Å². The van der Waals surface area contributed by atoms with Crippen molar-refractivity contribution in [1.29, 1.82) is 0 Å². The monoisotopic (exact) mass is 244 g/mol. The lowest BCUT2D eigenvalue weighted by molar-refractivity contribution is 0.0887. The van der Waals surface area contributed by atoms with Crippen LogP contribution in [0.25, 0.3) is 11.4 Å². The maximum Gasteiger partial charge on any atom is 0.250 e. The number of hydrogen-bond acceptors (Lipinski definition) is 4. The molecule has 0 saturated carbocycles. The van der Waals surface area contributed by atoms with Gasteiger partial charge in [0.05, 0.1) is 0 Å². The molecule has 94 valence electrons. The van der Waals surface area contributed by atoms with Crippen LogP contribution in [0.1, 0.15) is 31.0 Å². The smallest absolute Gasteiger partial charge is 0.250 e. The summed E-state index contributed by atoms with van der Waals surface area (Å²) < 4.78 is 1.19. The first-order valence-electron chi connectivity index (χ1n) is 6.03. The number of aromatic nitrogens is 3. The van der Waals surface area contributed by atoms with E-state index >= 15 is 0 Å². The Bertz CT molecular complexity index is 533. The molecule has 5 heteroatoms. The van der Waals surface area contributed by atoms with Crippen molar-refractivity contribution in [3.63, 3.8) is 0 Å². The van der Waals surface area contributed by atoms with Crippen LogP contribution in [-0.4, -0.2) is 20.7 Å². The van der Waals surface area contributed by atoms with Gasteiger partial charge in [-0.15, -0.1) is 5.10 Å². The van der Waals surface area contributed by atoms with Crippen molar-refractivity contribution in [2.45, 2.75) is 26.2 Å². The van der Waals surface area contributed by atoms with Crippen LogP contribution >= 0.6 is 0 Å². The molecule has 0 amide bonds. The van der Waals surface area contributed by atoms with E-state index in [1.54, 1.807) is 0 Å². The molecule has 0 aliphatic rings. The van der Waals surface area contributed by atoms with Gasteiger partial charge in [0.1, 0.15) is 0 Å². The summed E-state index contributed by atoms with van der Waals surface area (Å²) in [6.07, 6.45) is 2.24. The molecule has 2 aromatic rings. The van der Waals surface area contributed by atoms with Crippen molar-refractivity contribution in [2.24, 2.45) is 0 Å². The van der Waals surface area contributed by atoms with Gasteiger partial charge in [0.2, 0.25) is 11.9 Å². The van der Waals surface area contributed by atoms with Crippen LogP contribution in [0, 0.1) is 0 Å². The predicted octanol–water partition coefficient (Wildman–Crippen LogP) is 2.36. The Morgan fingerprint density at radius 2 is 2.06 bits per heavy atom. The summed E-state index contributed by atoms with van der Waals surface area (Å²) in [7, 11) is 0. The molecule has 1 heterocycles. The van der Waals surface area contributed by atoms with E-state index in [4.69, 9.17) is 5.73 Å². The summed E-state index contributed by atoms with van der Waals surface area (Å²) in [6.45, 7) is 2.04. The van der Waals surface area contributed by atoms with Crippen molar-refractivity contribution in [2.75, 3.05) is 5.73 Å². The Kier molecular flexibility index (Phi) is 3.72. The van der Waals surface area contributed by atoms with E-state index in [2.05, 4.69) is 10.1 Å². The molecular weight excluding hydrogens is 228 g/mol. The Balaban J connectivity index is 2.25. The van der Waals surface area contributed by atoms with Crippen LogP contribution in [0.4, 0.5) is 5.95 Å². The molecule has 0 aliphatic heterocycles. The van der Waals surface area contributed by atoms with Crippen LogP contribution < -0.4 is 5.73 Å². The molecular formula is C13H16N4O. The van der Waals surface area contributed by atoms with Crippen molar-refractivity contribution >= 4 is 11.9 Å². The molecule has 1 aromatic heterocycles. The number of carbonyl (C=O) groups excluding carboxylic acids is 1. The van der Waals surface area contributed by atoms with Crippen LogP contribution in [0.5, 0.6) is 0 Å². The minimum absolute atomic E-state index is 0.107. The molecule has 0 unspecified atom stereocenters. The topological polar surface area (TPSA) is 73.8 Å². The SMILES string of the molecule is CCCCC(=O)n1nc(-c2ccccc2)nc1N. The molecule has 18 heavy (non-hydrogen) atoms. The summed E-state index contributed by atoms with van der Waals surface area (Å²) in [6, 6.07) is 9.47. The van der Waals surface area contributed by atoms with E-state index < -0.39 is 0 Å². The van der Waals surface area contributed by atoms with Crippen molar-refractivity contribution < 1.29 is 4.79 Å². The summed E-state index contributed by atoms with van der Waals surface area (Å²) in [4.78, 5) is 16.0. The van der Waals surface area contributed by atoms with Gasteiger partial charge in [0, 0.05) is 12.0 Å². The molecule has 0 fully saturated rings. The fourth-order valence-electron chi connectivity index (χ4n) is 1.65. The zero-order valence-corrected chi connectivity index (χ0v) is 10.3. The Hall–Kier alpha value is -2.17. The first-order valence-corrected chi connectivity index (χ1v) is 6.03. The van der Waals surface area contributed by atoms with E-state index in [9.17, 15) is 4.79 Å². The van der Waals surface area contributed by atoms with E-state index in [1.807, 2.05) is 37.3 Å². The second-order valence-electron chi connectivity index (χ2n) is 4.07. The number of unbranched alkanes of at least 4 members (excludes halogenated alkanes) is 1. The van der Waals surface area contributed by atoms with Gasteiger partial charge in [0.25, 0.3) is 0 Å². The van der Waals surface area contributed by atoms with Crippen LogP contribution in [0.2, 0.25) is 0 Å². The summed E-state index contributed by atoms with van der Waals surface area (Å²) >= 11 is 0. The number of carbonyl (C=O) groups is 1. The minimum Gasteiger partial charge on any atom is -0.368 e. The lowest BCUT2D eigenvalue weighted by Gasteiger charge is -1.99. The number of benzene rings is 1. The highest BCUT2D eigenvalue weighted by atomic mass is 16.2. The van der Waals surface area contributed by atoms with E-state index in [0.717, 1.165) is 18.4 Å². The third-order valence-corrected chi connectivity index (χ3v) is 2.64. The number of nitrogen functional groups attached to an aromatic ring is 1. The lowest BCUT2D eigenvalue weighted by Crippen LogP contribution is -2.14. The molecule has 0 atom stereocenters. The van der Waals surface area contributed by atoms with Gasteiger partial charge in [0.15, 0.2) is 5.82 Å². The minimum atomic E-state index is -0.107. The maximum absolute atomic E-state index is 11.8. The molecule has 0 saturated heterocycles. The predicted molar refractivity (Wildman–Crippen MR) is 70.0 cm³/mol. The van der Waals surface area contributed by atoms with Gasteiger partial charge in [-0.25, -0.2) is 0 Å². The third kappa shape index (κ3) is 2.56. The van der Waals surface area contributed by atoms with Crippen LogP contribution in [0.15, 0.2) is 30.3 Å².